The average molecular weight is 559 g/mol. The van der Waals surface area contributed by atoms with E-state index in [1.165, 1.54) is 27.4 Å². The molecule has 0 heterocycles. The predicted octanol–water partition coefficient (Wildman–Crippen LogP) is 6.57. The Bertz CT molecular complexity index is 1520. The number of hydrogen-bond donors (Lipinski definition) is 2. The zero-order valence-corrected chi connectivity index (χ0v) is 22.8. The number of carbonyl (C=O) groups excluding carboxylic acids is 2. The molecule has 0 aliphatic heterocycles. The van der Waals surface area contributed by atoms with E-state index in [0.717, 1.165) is 0 Å². The Hall–Kier alpha value is -4.95. The summed E-state index contributed by atoms with van der Waals surface area (Å²) >= 11 is 5.93. The molecule has 0 spiro atoms. The second-order valence-corrected chi connectivity index (χ2v) is 8.79. The summed E-state index contributed by atoms with van der Waals surface area (Å²) in [4.78, 5) is 26.6. The number of amides is 2. The molecule has 0 atom stereocenters. The third kappa shape index (κ3) is 7.12. The Morgan fingerprint density at radius 2 is 1.35 bits per heavy atom. The van der Waals surface area contributed by atoms with Gasteiger partial charge >= 0.3 is 0 Å². The first-order chi connectivity index (χ1) is 19.4. The summed E-state index contributed by atoms with van der Waals surface area (Å²) in [5.74, 6) is 1.56. The first kappa shape index (κ1) is 28.1. The number of rotatable bonds is 10. The van der Waals surface area contributed by atoms with Crippen LogP contribution in [-0.4, -0.2) is 33.1 Å². The Morgan fingerprint density at radius 3 is 2.00 bits per heavy atom. The monoisotopic (exact) mass is 558 g/mol. The summed E-state index contributed by atoms with van der Waals surface area (Å²) in [5.41, 5.74) is 1.39. The molecular weight excluding hydrogens is 532 g/mol. The number of para-hydroxylation sites is 1. The van der Waals surface area contributed by atoms with Crippen LogP contribution in [0.4, 0.5) is 5.69 Å². The molecule has 4 rings (SSSR count). The lowest BCUT2D eigenvalue weighted by atomic mass is 10.1. The van der Waals surface area contributed by atoms with Gasteiger partial charge in [-0.2, -0.15) is 0 Å². The van der Waals surface area contributed by atoms with E-state index in [1.807, 2.05) is 6.07 Å². The Morgan fingerprint density at radius 1 is 0.725 bits per heavy atom. The average Bonchev–Trinajstić information content (AvgIpc) is 2.98. The Labute approximate surface area is 237 Å². The molecule has 204 valence electrons. The van der Waals surface area contributed by atoms with Gasteiger partial charge in [-0.25, -0.2) is 0 Å². The number of carbonyl (C=O) groups is 2. The van der Waals surface area contributed by atoms with Gasteiger partial charge in [-0.15, -0.1) is 0 Å². The molecule has 8 nitrogen and oxygen atoms in total. The topological polar surface area (TPSA) is 95.1 Å². The summed E-state index contributed by atoms with van der Waals surface area (Å²) in [5, 5.41) is 6.14. The number of benzene rings is 4. The lowest BCUT2D eigenvalue weighted by Gasteiger charge is -2.14. The van der Waals surface area contributed by atoms with E-state index in [2.05, 4.69) is 10.6 Å². The second kappa shape index (κ2) is 13.2. The third-order valence-corrected chi connectivity index (χ3v) is 5.99. The summed E-state index contributed by atoms with van der Waals surface area (Å²) in [6.45, 7) is 0. The minimum Gasteiger partial charge on any atom is -0.496 e. The minimum absolute atomic E-state index is 0.00535. The van der Waals surface area contributed by atoms with Crippen LogP contribution in [-0.2, 0) is 4.79 Å². The molecule has 0 saturated heterocycles. The molecule has 2 N–H and O–H groups in total. The second-order valence-electron chi connectivity index (χ2n) is 8.36. The number of anilines is 1. The van der Waals surface area contributed by atoms with Gasteiger partial charge in [0.15, 0.2) is 11.5 Å². The van der Waals surface area contributed by atoms with E-state index in [9.17, 15) is 9.59 Å². The molecule has 0 radical (unpaired) electrons. The largest absolute Gasteiger partial charge is 0.496 e. The quantitative estimate of drug-likeness (QED) is 0.214. The number of nitrogens with one attached hydrogen (secondary N) is 2. The highest BCUT2D eigenvalue weighted by atomic mass is 35.5. The van der Waals surface area contributed by atoms with E-state index in [4.69, 9.17) is 30.5 Å². The van der Waals surface area contributed by atoms with Crippen molar-refractivity contribution in [3.63, 3.8) is 0 Å². The fourth-order valence-electron chi connectivity index (χ4n) is 3.71. The zero-order chi connectivity index (χ0) is 28.5. The van der Waals surface area contributed by atoms with Gasteiger partial charge in [0.25, 0.3) is 11.8 Å². The fraction of sp³-hybridized carbons (Fsp3) is 0.0968. The number of ether oxygens (including phenoxy) is 4. The molecule has 0 saturated carbocycles. The van der Waals surface area contributed by atoms with Crippen molar-refractivity contribution >= 4 is 35.2 Å². The molecule has 9 heteroatoms. The van der Waals surface area contributed by atoms with Crippen molar-refractivity contribution in [1.29, 1.82) is 0 Å². The SMILES string of the molecule is COc1ccccc1/C=C(\NC(=O)c1ccc(OC)c(OC)c1)C(=O)Nc1ccc(Oc2ccc(Cl)cc2)cc1. The fourth-order valence-corrected chi connectivity index (χ4v) is 3.84. The van der Waals surface area contributed by atoms with Crippen LogP contribution in [0.3, 0.4) is 0 Å². The number of methoxy groups -OCH3 is 3. The highest BCUT2D eigenvalue weighted by Gasteiger charge is 2.18. The van der Waals surface area contributed by atoms with Crippen molar-refractivity contribution in [2.45, 2.75) is 0 Å². The van der Waals surface area contributed by atoms with Gasteiger partial charge in [0.1, 0.15) is 22.9 Å². The first-order valence-corrected chi connectivity index (χ1v) is 12.5. The molecule has 0 aliphatic carbocycles. The van der Waals surface area contributed by atoms with Crippen LogP contribution in [0, 0.1) is 0 Å². The molecule has 0 unspecified atom stereocenters. The maximum absolute atomic E-state index is 13.4. The van der Waals surface area contributed by atoms with Crippen molar-refractivity contribution in [1.82, 2.24) is 5.32 Å². The molecule has 2 amide bonds. The zero-order valence-electron chi connectivity index (χ0n) is 22.1. The summed E-state index contributed by atoms with van der Waals surface area (Å²) < 4.78 is 21.8. The van der Waals surface area contributed by atoms with Crippen molar-refractivity contribution in [2.75, 3.05) is 26.6 Å². The molecule has 0 bridgehead atoms. The van der Waals surface area contributed by atoms with Crippen LogP contribution in [0.15, 0.2) is 96.7 Å². The molecule has 0 fully saturated rings. The van der Waals surface area contributed by atoms with Crippen LogP contribution in [0.1, 0.15) is 15.9 Å². The molecule has 0 aliphatic rings. The van der Waals surface area contributed by atoms with E-state index in [1.54, 1.807) is 84.9 Å². The smallest absolute Gasteiger partial charge is 0.272 e. The van der Waals surface area contributed by atoms with Gasteiger partial charge in [-0.1, -0.05) is 29.8 Å². The normalized spacial score (nSPS) is 10.8. The molecule has 4 aromatic rings. The van der Waals surface area contributed by atoms with E-state index in [-0.39, 0.29) is 11.3 Å². The van der Waals surface area contributed by atoms with Crippen LogP contribution < -0.4 is 29.6 Å². The minimum atomic E-state index is -0.536. The summed E-state index contributed by atoms with van der Waals surface area (Å²) in [6, 6.07) is 25.7. The number of hydrogen-bond acceptors (Lipinski definition) is 6. The van der Waals surface area contributed by atoms with Crippen LogP contribution in [0.2, 0.25) is 5.02 Å². The van der Waals surface area contributed by atoms with Crippen molar-refractivity contribution in [3.8, 4) is 28.7 Å². The first-order valence-electron chi connectivity index (χ1n) is 12.1. The Balaban J connectivity index is 1.56. The maximum atomic E-state index is 13.4. The summed E-state index contributed by atoms with van der Waals surface area (Å²) in [7, 11) is 4.51. The van der Waals surface area contributed by atoms with E-state index in [0.29, 0.717) is 45.0 Å². The maximum Gasteiger partial charge on any atom is 0.272 e. The van der Waals surface area contributed by atoms with Gasteiger partial charge in [-0.3, -0.25) is 9.59 Å². The standard InChI is InChI=1S/C31H27ClN2O6/c1-37-27-7-5-4-6-20(27)18-26(34-30(35)21-8-17-28(38-2)29(19-21)39-3)31(36)33-23-11-15-25(16-12-23)40-24-13-9-22(32)10-14-24/h4-19H,1-3H3,(H,33,36)(H,34,35)/b26-18-. The van der Waals surface area contributed by atoms with Crippen molar-refractivity contribution in [3.05, 3.63) is 113 Å². The van der Waals surface area contributed by atoms with Crippen LogP contribution in [0.25, 0.3) is 6.08 Å². The summed E-state index contributed by atoms with van der Waals surface area (Å²) in [6.07, 6.45) is 1.55. The molecule has 4 aromatic carbocycles. The van der Waals surface area contributed by atoms with E-state index >= 15 is 0 Å². The van der Waals surface area contributed by atoms with Gasteiger partial charge in [0.2, 0.25) is 0 Å². The molecule has 40 heavy (non-hydrogen) atoms. The van der Waals surface area contributed by atoms with Gasteiger partial charge in [0.05, 0.1) is 21.3 Å². The highest BCUT2D eigenvalue weighted by Crippen LogP contribution is 2.28. The molecular formula is C31H27ClN2O6. The van der Waals surface area contributed by atoms with Gasteiger partial charge in [-0.05, 0) is 78.9 Å². The third-order valence-electron chi connectivity index (χ3n) is 5.74. The van der Waals surface area contributed by atoms with Gasteiger partial charge in [0, 0.05) is 21.8 Å². The predicted molar refractivity (Wildman–Crippen MR) is 155 cm³/mol. The van der Waals surface area contributed by atoms with E-state index < -0.39 is 11.8 Å². The number of halogens is 1. The lowest BCUT2D eigenvalue weighted by Crippen LogP contribution is -2.30. The van der Waals surface area contributed by atoms with Crippen LogP contribution in [0.5, 0.6) is 28.7 Å². The molecule has 0 aromatic heterocycles. The van der Waals surface area contributed by atoms with Gasteiger partial charge < -0.3 is 29.6 Å². The highest BCUT2D eigenvalue weighted by molar-refractivity contribution is 6.30. The van der Waals surface area contributed by atoms with Crippen LogP contribution >= 0.6 is 11.6 Å². The van der Waals surface area contributed by atoms with Crippen molar-refractivity contribution < 1.29 is 28.5 Å². The van der Waals surface area contributed by atoms with Crippen molar-refractivity contribution in [2.24, 2.45) is 0 Å². The lowest BCUT2D eigenvalue weighted by molar-refractivity contribution is -0.113. The Kier molecular flexibility index (Phi) is 9.27.